The van der Waals surface area contributed by atoms with Gasteiger partial charge in [-0.2, -0.15) is 11.8 Å². The Hall–Kier alpha value is -2.87. The predicted molar refractivity (Wildman–Crippen MR) is 104 cm³/mol. The molecule has 0 bridgehead atoms. The molecule has 2 aromatic rings. The molecule has 0 saturated carbocycles. The number of carbonyl (C=O) groups excluding carboxylic acids is 2. The van der Waals surface area contributed by atoms with Crippen LogP contribution in [0.4, 0.5) is 5.69 Å². The summed E-state index contributed by atoms with van der Waals surface area (Å²) in [5.41, 5.74) is 1.51. The van der Waals surface area contributed by atoms with E-state index in [-0.39, 0.29) is 17.3 Å². The van der Waals surface area contributed by atoms with Crippen LogP contribution >= 0.6 is 11.8 Å². The van der Waals surface area contributed by atoms with Crippen LogP contribution < -0.4 is 5.32 Å². The van der Waals surface area contributed by atoms with Gasteiger partial charge in [0.25, 0.3) is 11.8 Å². The smallest absolute Gasteiger partial charge is 0.354 e. The molecule has 0 radical (unpaired) electrons. The zero-order valence-corrected chi connectivity index (χ0v) is 15.6. The molecule has 1 aliphatic heterocycles. The number of rotatable bonds is 4. The van der Waals surface area contributed by atoms with Crippen LogP contribution in [0.2, 0.25) is 0 Å². The van der Waals surface area contributed by atoms with Crippen molar-refractivity contribution in [3.8, 4) is 0 Å². The highest BCUT2D eigenvalue weighted by Crippen LogP contribution is 2.22. The quantitative estimate of drug-likeness (QED) is 0.839. The lowest BCUT2D eigenvalue weighted by atomic mass is 10.0. The number of nitrogens with zero attached hydrogens (tertiary/aromatic N) is 2. The molecule has 2 amide bonds. The number of carboxylic acids is 1. The highest BCUT2D eigenvalue weighted by Gasteiger charge is 2.21. The van der Waals surface area contributed by atoms with Crippen molar-refractivity contribution >= 4 is 35.2 Å². The fraction of sp³-hybridized carbons (Fsp3) is 0.263. The predicted octanol–water partition coefficient (Wildman–Crippen LogP) is 2.53. The first-order valence-electron chi connectivity index (χ1n) is 8.45. The van der Waals surface area contributed by atoms with Crippen LogP contribution in [0, 0.1) is 6.92 Å². The van der Waals surface area contributed by atoms with Crippen LogP contribution in [0.25, 0.3) is 0 Å². The number of nitrogens with one attached hydrogen (secondary N) is 1. The first-order chi connectivity index (χ1) is 13.0. The number of hydrogen-bond donors (Lipinski definition) is 2. The highest BCUT2D eigenvalue weighted by molar-refractivity contribution is 7.99. The molecule has 1 aromatic heterocycles. The molecule has 8 heteroatoms. The number of thioether (sulfide) groups is 1. The zero-order chi connectivity index (χ0) is 19.4. The summed E-state index contributed by atoms with van der Waals surface area (Å²) in [7, 11) is 0. The maximum absolute atomic E-state index is 12.8. The van der Waals surface area contributed by atoms with Crippen LogP contribution in [0.15, 0.2) is 36.4 Å². The van der Waals surface area contributed by atoms with Gasteiger partial charge in [0.05, 0.1) is 0 Å². The molecule has 3 rings (SSSR count). The van der Waals surface area contributed by atoms with E-state index in [9.17, 15) is 14.4 Å². The third-order valence-corrected chi connectivity index (χ3v) is 5.25. The molecule has 27 heavy (non-hydrogen) atoms. The molecule has 2 heterocycles. The van der Waals surface area contributed by atoms with Gasteiger partial charge in [-0.05, 0) is 36.8 Å². The van der Waals surface area contributed by atoms with E-state index in [0.29, 0.717) is 29.9 Å². The summed E-state index contributed by atoms with van der Waals surface area (Å²) in [6.07, 6.45) is 0. The largest absolute Gasteiger partial charge is 0.477 e. The van der Waals surface area contributed by atoms with E-state index in [1.54, 1.807) is 25.1 Å². The van der Waals surface area contributed by atoms with Crippen LogP contribution in [0.5, 0.6) is 0 Å². The average Bonchev–Trinajstić information content (AvgIpc) is 2.69. The van der Waals surface area contributed by atoms with Crippen LogP contribution in [0.1, 0.15) is 36.9 Å². The molecule has 1 saturated heterocycles. The lowest BCUT2D eigenvalue weighted by molar-refractivity contribution is 0.0689. The molecule has 7 nitrogen and oxygen atoms in total. The minimum Gasteiger partial charge on any atom is -0.477 e. The third-order valence-electron chi connectivity index (χ3n) is 4.31. The summed E-state index contributed by atoms with van der Waals surface area (Å²) in [4.78, 5) is 41.9. The summed E-state index contributed by atoms with van der Waals surface area (Å²) in [5, 5.41) is 11.7. The fourth-order valence-electron chi connectivity index (χ4n) is 2.81. The summed E-state index contributed by atoms with van der Waals surface area (Å²) in [5.74, 6) is 0.0720. The van der Waals surface area contributed by atoms with E-state index in [1.807, 2.05) is 16.7 Å². The Kier molecular flexibility index (Phi) is 5.75. The second-order valence-electron chi connectivity index (χ2n) is 6.05. The van der Waals surface area contributed by atoms with Gasteiger partial charge in [-0.3, -0.25) is 9.59 Å². The molecule has 2 N–H and O–H groups in total. The van der Waals surface area contributed by atoms with Gasteiger partial charge in [-0.15, -0.1) is 0 Å². The molecule has 0 unspecified atom stereocenters. The lowest BCUT2D eigenvalue weighted by Crippen LogP contribution is -2.38. The first-order valence-corrected chi connectivity index (χ1v) is 9.61. The number of benzene rings is 1. The number of carboxylic acid groups (broad SMARTS) is 1. The number of pyridine rings is 1. The molecule has 1 aliphatic rings. The van der Waals surface area contributed by atoms with E-state index in [1.165, 1.54) is 18.2 Å². The van der Waals surface area contributed by atoms with Crippen molar-refractivity contribution in [2.24, 2.45) is 0 Å². The Morgan fingerprint density at radius 2 is 1.74 bits per heavy atom. The first kappa shape index (κ1) is 18.9. The molecule has 0 atom stereocenters. The summed E-state index contributed by atoms with van der Waals surface area (Å²) >= 11 is 1.83. The van der Waals surface area contributed by atoms with Gasteiger partial charge in [0.1, 0.15) is 11.4 Å². The molecule has 1 fully saturated rings. The van der Waals surface area contributed by atoms with Crippen molar-refractivity contribution in [2.45, 2.75) is 6.92 Å². The third kappa shape index (κ3) is 4.28. The topological polar surface area (TPSA) is 99.6 Å². The number of hydrogen-bond acceptors (Lipinski definition) is 5. The zero-order valence-electron chi connectivity index (χ0n) is 14.8. The Morgan fingerprint density at radius 1 is 1.07 bits per heavy atom. The van der Waals surface area contributed by atoms with Crippen LogP contribution in [0.3, 0.4) is 0 Å². The average molecular weight is 385 g/mol. The maximum Gasteiger partial charge on any atom is 0.354 e. The van der Waals surface area contributed by atoms with Gasteiger partial charge in [-0.1, -0.05) is 12.1 Å². The summed E-state index contributed by atoms with van der Waals surface area (Å²) in [6.45, 7) is 3.21. The monoisotopic (exact) mass is 385 g/mol. The molecule has 1 aromatic carbocycles. The van der Waals surface area contributed by atoms with Crippen molar-refractivity contribution in [3.63, 3.8) is 0 Å². The second-order valence-corrected chi connectivity index (χ2v) is 7.27. The molecule has 0 spiro atoms. The number of carbonyl (C=O) groups is 3. The van der Waals surface area contributed by atoms with Gasteiger partial charge in [0, 0.05) is 35.8 Å². The van der Waals surface area contributed by atoms with Crippen molar-refractivity contribution in [3.05, 3.63) is 58.9 Å². The fourth-order valence-corrected chi connectivity index (χ4v) is 3.71. The number of amides is 2. The van der Waals surface area contributed by atoms with Crippen molar-refractivity contribution in [1.29, 1.82) is 0 Å². The van der Waals surface area contributed by atoms with E-state index >= 15 is 0 Å². The SMILES string of the molecule is Cc1c(NC(=O)c2cccc(C(=O)O)n2)cccc1C(=O)N1CCSCC1. The van der Waals surface area contributed by atoms with Gasteiger partial charge < -0.3 is 15.3 Å². The summed E-state index contributed by atoms with van der Waals surface area (Å²) < 4.78 is 0. The Labute approximate surface area is 160 Å². The van der Waals surface area contributed by atoms with Crippen molar-refractivity contribution in [1.82, 2.24) is 9.88 Å². The minimum atomic E-state index is -1.20. The van der Waals surface area contributed by atoms with Gasteiger partial charge in [0.15, 0.2) is 0 Å². The van der Waals surface area contributed by atoms with E-state index in [0.717, 1.165) is 11.5 Å². The van der Waals surface area contributed by atoms with Crippen LogP contribution in [-0.2, 0) is 0 Å². The number of anilines is 1. The minimum absolute atomic E-state index is 0.000847. The Balaban J connectivity index is 1.81. The van der Waals surface area contributed by atoms with E-state index < -0.39 is 11.9 Å². The molecule has 140 valence electrons. The molecular weight excluding hydrogens is 366 g/mol. The van der Waals surface area contributed by atoms with Crippen molar-refractivity contribution in [2.75, 3.05) is 29.9 Å². The second kappa shape index (κ2) is 8.22. The highest BCUT2D eigenvalue weighted by atomic mass is 32.2. The van der Waals surface area contributed by atoms with E-state index in [2.05, 4.69) is 10.3 Å². The van der Waals surface area contributed by atoms with Gasteiger partial charge in [-0.25, -0.2) is 9.78 Å². The van der Waals surface area contributed by atoms with Gasteiger partial charge in [0.2, 0.25) is 0 Å². The standard InChI is InChI=1S/C19H19N3O4S/c1-12-13(18(24)22-8-10-27-11-9-22)4-2-5-14(12)21-17(23)15-6-3-7-16(20-15)19(25)26/h2-7H,8-11H2,1H3,(H,21,23)(H,25,26). The number of aromatic nitrogens is 1. The van der Waals surface area contributed by atoms with Crippen LogP contribution in [-0.4, -0.2) is 57.4 Å². The maximum atomic E-state index is 12.8. The summed E-state index contributed by atoms with van der Waals surface area (Å²) in [6, 6.07) is 9.40. The Morgan fingerprint density at radius 3 is 2.44 bits per heavy atom. The van der Waals surface area contributed by atoms with E-state index in [4.69, 9.17) is 5.11 Å². The normalized spacial score (nSPS) is 13.9. The van der Waals surface area contributed by atoms with Crippen molar-refractivity contribution < 1.29 is 19.5 Å². The number of aromatic carboxylic acids is 1. The Bertz CT molecular complexity index is 894. The lowest BCUT2D eigenvalue weighted by Gasteiger charge is -2.27. The molecule has 0 aliphatic carbocycles. The van der Waals surface area contributed by atoms with Gasteiger partial charge >= 0.3 is 5.97 Å². The molecular formula is C19H19N3O4S.